The van der Waals surface area contributed by atoms with Gasteiger partial charge in [0.15, 0.2) is 5.82 Å². The highest BCUT2D eigenvalue weighted by Crippen LogP contribution is 2.57. The molecule has 4 bridgehead atoms. The summed E-state index contributed by atoms with van der Waals surface area (Å²) in [4.78, 5) is 38.3. The Balaban J connectivity index is 1.46. The van der Waals surface area contributed by atoms with Gasteiger partial charge in [0.2, 0.25) is 5.91 Å². The lowest BCUT2D eigenvalue weighted by Gasteiger charge is -2.54. The van der Waals surface area contributed by atoms with Crippen molar-refractivity contribution in [3.63, 3.8) is 0 Å². The van der Waals surface area contributed by atoms with Gasteiger partial charge in [-0.1, -0.05) is 0 Å². The summed E-state index contributed by atoms with van der Waals surface area (Å²) in [6, 6.07) is -0.993. The SMILES string of the molecule is O=C(O)C1Cn2c(n[nH]c2=O)CN1C(=O)C1C2CC3CC(C2)CC1C3. The number of amides is 1. The Morgan fingerprint density at radius 3 is 2.32 bits per heavy atom. The molecular weight excluding hydrogens is 324 g/mol. The van der Waals surface area contributed by atoms with Gasteiger partial charge in [-0.15, -0.1) is 0 Å². The van der Waals surface area contributed by atoms with Crippen LogP contribution >= 0.6 is 0 Å². The van der Waals surface area contributed by atoms with Gasteiger partial charge in [-0.3, -0.25) is 9.36 Å². The van der Waals surface area contributed by atoms with E-state index < -0.39 is 17.7 Å². The van der Waals surface area contributed by atoms with E-state index in [0.29, 0.717) is 17.7 Å². The maximum absolute atomic E-state index is 13.4. The lowest BCUT2D eigenvalue weighted by Crippen LogP contribution is -2.58. The van der Waals surface area contributed by atoms with Gasteiger partial charge >= 0.3 is 11.7 Å². The molecule has 4 fully saturated rings. The molecule has 1 aromatic heterocycles. The zero-order chi connectivity index (χ0) is 17.3. The highest BCUT2D eigenvalue weighted by atomic mass is 16.4. The highest BCUT2D eigenvalue weighted by Gasteiger charge is 2.53. The minimum absolute atomic E-state index is 0.0287. The Labute approximate surface area is 144 Å². The van der Waals surface area contributed by atoms with E-state index in [4.69, 9.17) is 0 Å². The lowest BCUT2D eigenvalue weighted by atomic mass is 9.51. The van der Waals surface area contributed by atoms with E-state index in [0.717, 1.165) is 37.5 Å². The third-order valence-electron chi connectivity index (χ3n) is 6.96. The number of hydrogen-bond donors (Lipinski definition) is 2. The van der Waals surface area contributed by atoms with Gasteiger partial charge < -0.3 is 10.0 Å². The Bertz CT molecular complexity index is 769. The molecule has 2 heterocycles. The van der Waals surface area contributed by atoms with Crippen LogP contribution in [0.3, 0.4) is 0 Å². The molecular formula is C17H22N4O4. The van der Waals surface area contributed by atoms with Crippen LogP contribution in [0.4, 0.5) is 0 Å². The van der Waals surface area contributed by atoms with Crippen molar-refractivity contribution < 1.29 is 14.7 Å². The van der Waals surface area contributed by atoms with Gasteiger partial charge in [-0.05, 0) is 55.8 Å². The number of hydrogen-bond acceptors (Lipinski definition) is 4. The van der Waals surface area contributed by atoms with Gasteiger partial charge in [-0.25, -0.2) is 14.7 Å². The minimum Gasteiger partial charge on any atom is -0.480 e. The molecule has 0 radical (unpaired) electrons. The average Bonchev–Trinajstić information content (AvgIpc) is 2.93. The Kier molecular flexibility index (Phi) is 3.15. The summed E-state index contributed by atoms with van der Waals surface area (Å²) in [5.41, 5.74) is -0.414. The third-order valence-corrected chi connectivity index (χ3v) is 6.96. The van der Waals surface area contributed by atoms with Gasteiger partial charge in [0, 0.05) is 5.92 Å². The van der Waals surface area contributed by atoms with Crippen molar-refractivity contribution in [3.05, 3.63) is 16.3 Å². The van der Waals surface area contributed by atoms with Crippen LogP contribution in [0.2, 0.25) is 0 Å². The second-order valence-electron chi connectivity index (χ2n) is 8.33. The first-order valence-electron chi connectivity index (χ1n) is 9.18. The summed E-state index contributed by atoms with van der Waals surface area (Å²) in [6.07, 6.45) is 5.77. The van der Waals surface area contributed by atoms with E-state index in [1.807, 2.05) is 0 Å². The molecule has 134 valence electrons. The standard InChI is InChI=1S/C17H22N4O4/c22-15(14-10-2-8-1-9(4-10)5-11(14)3-8)20-7-13-18-19-17(25)21(13)6-12(20)16(23)24/h8-12,14H,1-7H2,(H,19,25)(H,23,24). The third kappa shape index (κ3) is 2.19. The monoisotopic (exact) mass is 346 g/mol. The lowest BCUT2D eigenvalue weighted by molar-refractivity contribution is -0.162. The van der Waals surface area contributed by atoms with Crippen LogP contribution in [-0.2, 0) is 22.7 Å². The first-order chi connectivity index (χ1) is 12.0. The van der Waals surface area contributed by atoms with Crippen LogP contribution in [0.1, 0.15) is 37.9 Å². The molecule has 1 aliphatic heterocycles. The fraction of sp³-hybridized carbons (Fsp3) is 0.765. The van der Waals surface area contributed by atoms with Crippen molar-refractivity contribution in [2.75, 3.05) is 0 Å². The average molecular weight is 346 g/mol. The topological polar surface area (TPSA) is 108 Å². The molecule has 1 aromatic rings. The second-order valence-corrected chi connectivity index (χ2v) is 8.33. The number of H-pyrrole nitrogens is 1. The van der Waals surface area contributed by atoms with E-state index in [1.165, 1.54) is 15.9 Å². The predicted octanol–water partition coefficient (Wildman–Crippen LogP) is 0.439. The van der Waals surface area contributed by atoms with Crippen molar-refractivity contribution in [1.29, 1.82) is 0 Å². The zero-order valence-electron chi connectivity index (χ0n) is 13.9. The fourth-order valence-corrected chi connectivity index (χ4v) is 6.16. The normalized spacial score (nSPS) is 38.6. The van der Waals surface area contributed by atoms with Crippen LogP contribution in [0.5, 0.6) is 0 Å². The Hall–Kier alpha value is -2.12. The summed E-state index contributed by atoms with van der Waals surface area (Å²) in [7, 11) is 0. The summed E-state index contributed by atoms with van der Waals surface area (Å²) in [5.74, 6) is 1.63. The van der Waals surface area contributed by atoms with Crippen LogP contribution in [0.15, 0.2) is 4.79 Å². The molecule has 4 saturated carbocycles. The molecule has 0 spiro atoms. The first-order valence-corrected chi connectivity index (χ1v) is 9.18. The number of aromatic nitrogens is 3. The molecule has 0 saturated heterocycles. The summed E-state index contributed by atoms with van der Waals surface area (Å²) < 4.78 is 1.33. The van der Waals surface area contributed by atoms with Crippen molar-refractivity contribution in [3.8, 4) is 0 Å². The molecule has 2 N–H and O–H groups in total. The smallest absolute Gasteiger partial charge is 0.343 e. The summed E-state index contributed by atoms with van der Waals surface area (Å²) >= 11 is 0. The van der Waals surface area contributed by atoms with E-state index >= 15 is 0 Å². The molecule has 1 amide bonds. The predicted molar refractivity (Wildman–Crippen MR) is 85.4 cm³/mol. The molecule has 1 unspecified atom stereocenters. The van der Waals surface area contributed by atoms with Crippen LogP contribution in [-0.4, -0.2) is 42.7 Å². The summed E-state index contributed by atoms with van der Waals surface area (Å²) in [5, 5.41) is 15.9. The quantitative estimate of drug-likeness (QED) is 0.808. The largest absolute Gasteiger partial charge is 0.480 e. The Morgan fingerprint density at radius 2 is 1.72 bits per heavy atom. The molecule has 8 nitrogen and oxygen atoms in total. The van der Waals surface area contributed by atoms with Gasteiger partial charge in [0.1, 0.15) is 6.04 Å². The number of carbonyl (C=O) groups excluding carboxylic acids is 1. The van der Waals surface area contributed by atoms with E-state index in [9.17, 15) is 19.5 Å². The van der Waals surface area contributed by atoms with Crippen molar-refractivity contribution >= 4 is 11.9 Å². The maximum Gasteiger partial charge on any atom is 0.343 e. The van der Waals surface area contributed by atoms with Gasteiger partial charge in [0.05, 0.1) is 13.1 Å². The number of rotatable bonds is 2. The number of nitrogens with one attached hydrogen (secondary N) is 1. The molecule has 25 heavy (non-hydrogen) atoms. The van der Waals surface area contributed by atoms with Crippen LogP contribution in [0.25, 0.3) is 0 Å². The van der Waals surface area contributed by atoms with Crippen molar-refractivity contribution in [2.45, 2.75) is 51.2 Å². The van der Waals surface area contributed by atoms with E-state index in [-0.39, 0.29) is 24.9 Å². The molecule has 4 aliphatic carbocycles. The van der Waals surface area contributed by atoms with E-state index in [2.05, 4.69) is 10.2 Å². The minimum atomic E-state index is -1.06. The zero-order valence-corrected chi connectivity index (χ0v) is 13.9. The van der Waals surface area contributed by atoms with Gasteiger partial charge in [0.25, 0.3) is 0 Å². The number of aromatic amines is 1. The van der Waals surface area contributed by atoms with Crippen LogP contribution in [0, 0.1) is 29.6 Å². The van der Waals surface area contributed by atoms with Crippen molar-refractivity contribution in [2.24, 2.45) is 29.6 Å². The fourth-order valence-electron chi connectivity index (χ4n) is 6.16. The molecule has 0 aromatic carbocycles. The van der Waals surface area contributed by atoms with Gasteiger partial charge in [-0.2, -0.15) is 5.10 Å². The number of aliphatic carboxylic acids is 1. The number of fused-ring (bicyclic) bond motifs is 1. The molecule has 8 heteroatoms. The molecule has 5 aliphatic rings. The highest BCUT2D eigenvalue weighted by molar-refractivity contribution is 5.86. The molecule has 1 atom stereocenters. The van der Waals surface area contributed by atoms with Crippen LogP contribution < -0.4 is 5.69 Å². The van der Waals surface area contributed by atoms with E-state index in [1.54, 1.807) is 0 Å². The number of carboxylic acid groups (broad SMARTS) is 1. The Morgan fingerprint density at radius 1 is 1.08 bits per heavy atom. The summed E-state index contributed by atoms with van der Waals surface area (Å²) in [6.45, 7) is 0.0659. The number of nitrogens with zero attached hydrogens (tertiary/aromatic N) is 3. The number of carbonyl (C=O) groups is 2. The second kappa shape index (κ2) is 5.19. The number of carboxylic acids is 1. The van der Waals surface area contributed by atoms with Crippen molar-refractivity contribution in [1.82, 2.24) is 19.7 Å². The maximum atomic E-state index is 13.4. The molecule has 6 rings (SSSR count). The first kappa shape index (κ1) is 15.2.